The minimum atomic E-state index is -0.172. The molecule has 0 spiro atoms. The molecule has 1 aromatic carbocycles. The maximum Gasteiger partial charge on any atom is 0.272 e. The molecule has 2 heterocycles. The Kier molecular flexibility index (Phi) is 4.09. The van der Waals surface area contributed by atoms with Crippen LogP contribution in [0.25, 0.3) is 5.82 Å². The van der Waals surface area contributed by atoms with Crippen LogP contribution in [0.15, 0.2) is 47.3 Å². The first-order valence-corrected chi connectivity index (χ1v) is 7.22. The molecule has 3 aromatic rings. The number of benzene rings is 1. The molecule has 7 heteroatoms. The number of nitrogens with one attached hydrogen (secondary N) is 1. The van der Waals surface area contributed by atoms with Gasteiger partial charge in [0.25, 0.3) is 5.56 Å². The van der Waals surface area contributed by atoms with Crippen LogP contribution in [0.3, 0.4) is 0 Å². The van der Waals surface area contributed by atoms with Crippen molar-refractivity contribution in [2.24, 2.45) is 0 Å². The summed E-state index contributed by atoms with van der Waals surface area (Å²) in [5.41, 5.74) is 8.11. The van der Waals surface area contributed by atoms with Gasteiger partial charge in [0.2, 0.25) is 5.88 Å². The highest BCUT2D eigenvalue weighted by molar-refractivity contribution is 5.39. The Balaban J connectivity index is 1.60. The summed E-state index contributed by atoms with van der Waals surface area (Å²) >= 11 is 0. The monoisotopic (exact) mass is 311 g/mol. The van der Waals surface area contributed by atoms with Gasteiger partial charge in [-0.05, 0) is 30.7 Å². The molecule has 3 rings (SSSR count). The highest BCUT2D eigenvalue weighted by Crippen LogP contribution is 2.09. The summed E-state index contributed by atoms with van der Waals surface area (Å²) in [5, 5.41) is 10.9. The van der Waals surface area contributed by atoms with E-state index in [1.54, 1.807) is 19.1 Å². The first-order chi connectivity index (χ1) is 11.1. The summed E-state index contributed by atoms with van der Waals surface area (Å²) in [6, 6.07) is 12.5. The minimum Gasteiger partial charge on any atom is -0.476 e. The molecule has 3 N–H and O–H groups in total. The number of nitrogens with two attached hydrogens (primary N) is 1. The zero-order chi connectivity index (χ0) is 16.2. The van der Waals surface area contributed by atoms with Gasteiger partial charge in [0.1, 0.15) is 0 Å². The third-order valence-electron chi connectivity index (χ3n) is 3.32. The molecule has 7 nitrogen and oxygen atoms in total. The Morgan fingerprint density at radius 2 is 1.96 bits per heavy atom. The fourth-order valence-corrected chi connectivity index (χ4v) is 2.15. The number of aromatic nitrogens is 4. The molecule has 0 saturated carbocycles. The smallest absolute Gasteiger partial charge is 0.272 e. The Morgan fingerprint density at radius 3 is 2.57 bits per heavy atom. The average molecular weight is 311 g/mol. The molecule has 0 bridgehead atoms. The van der Waals surface area contributed by atoms with Crippen molar-refractivity contribution < 1.29 is 4.74 Å². The van der Waals surface area contributed by atoms with Gasteiger partial charge in [-0.15, -0.1) is 10.2 Å². The van der Waals surface area contributed by atoms with Crippen molar-refractivity contribution in [1.82, 2.24) is 20.0 Å². The van der Waals surface area contributed by atoms with Gasteiger partial charge in [0, 0.05) is 29.9 Å². The van der Waals surface area contributed by atoms with Gasteiger partial charge in [0.05, 0.1) is 6.61 Å². The topological polar surface area (TPSA) is 98.8 Å². The van der Waals surface area contributed by atoms with Gasteiger partial charge in [0.15, 0.2) is 5.82 Å². The zero-order valence-corrected chi connectivity index (χ0v) is 12.7. The number of rotatable bonds is 5. The molecule has 0 amide bonds. The van der Waals surface area contributed by atoms with Gasteiger partial charge in [-0.3, -0.25) is 9.89 Å². The number of hydrogen-bond acceptors (Lipinski definition) is 5. The zero-order valence-electron chi connectivity index (χ0n) is 12.7. The van der Waals surface area contributed by atoms with Crippen LogP contribution in [0, 0.1) is 6.92 Å². The van der Waals surface area contributed by atoms with Gasteiger partial charge >= 0.3 is 0 Å². The number of ether oxygens (including phenoxy) is 1. The van der Waals surface area contributed by atoms with Crippen LogP contribution in [0.1, 0.15) is 11.3 Å². The molecule has 0 radical (unpaired) electrons. The van der Waals surface area contributed by atoms with E-state index in [1.807, 2.05) is 24.3 Å². The second kappa shape index (κ2) is 6.35. The number of H-pyrrole nitrogens is 1. The normalized spacial score (nSPS) is 10.7. The summed E-state index contributed by atoms with van der Waals surface area (Å²) in [5.74, 6) is 0.842. The molecule has 118 valence electrons. The van der Waals surface area contributed by atoms with Crippen LogP contribution in [-0.2, 0) is 6.42 Å². The van der Waals surface area contributed by atoms with E-state index < -0.39 is 0 Å². The first kappa shape index (κ1) is 14.8. The van der Waals surface area contributed by atoms with Crippen molar-refractivity contribution in [2.45, 2.75) is 13.3 Å². The number of nitrogen functional groups attached to an aromatic ring is 1. The van der Waals surface area contributed by atoms with Gasteiger partial charge < -0.3 is 10.5 Å². The second-order valence-electron chi connectivity index (χ2n) is 5.18. The fourth-order valence-electron chi connectivity index (χ4n) is 2.15. The SMILES string of the molecule is Cc1cc(=O)n(-c2ccc(OCCc3ccc(N)cc3)nn2)[nH]1. The van der Waals surface area contributed by atoms with Gasteiger partial charge in [-0.25, -0.2) is 0 Å². The van der Waals surface area contributed by atoms with Crippen LogP contribution in [0.4, 0.5) is 5.69 Å². The minimum absolute atomic E-state index is 0.172. The van der Waals surface area contributed by atoms with Crippen LogP contribution in [-0.4, -0.2) is 26.6 Å². The molecule has 0 aliphatic rings. The molecule has 23 heavy (non-hydrogen) atoms. The average Bonchev–Trinajstić information content (AvgIpc) is 2.89. The predicted octanol–water partition coefficient (Wildman–Crippen LogP) is 1.47. The molecular formula is C16H17N5O2. The van der Waals surface area contributed by atoms with Crippen LogP contribution < -0.4 is 16.0 Å². The predicted molar refractivity (Wildman–Crippen MR) is 86.8 cm³/mol. The Hall–Kier alpha value is -3.09. The lowest BCUT2D eigenvalue weighted by Gasteiger charge is -2.06. The molecule has 0 aliphatic carbocycles. The number of nitrogens with zero attached hydrogens (tertiary/aromatic N) is 3. The third kappa shape index (κ3) is 3.57. The highest BCUT2D eigenvalue weighted by atomic mass is 16.5. The Bertz CT molecular complexity index is 834. The third-order valence-corrected chi connectivity index (χ3v) is 3.32. The summed E-state index contributed by atoms with van der Waals surface area (Å²) in [7, 11) is 0. The van der Waals surface area contributed by atoms with Crippen molar-refractivity contribution >= 4 is 5.69 Å². The van der Waals surface area contributed by atoms with E-state index in [2.05, 4.69) is 15.3 Å². The van der Waals surface area contributed by atoms with E-state index in [0.29, 0.717) is 18.3 Å². The number of anilines is 1. The van der Waals surface area contributed by atoms with E-state index in [-0.39, 0.29) is 5.56 Å². The lowest BCUT2D eigenvalue weighted by Crippen LogP contribution is -2.15. The lowest BCUT2D eigenvalue weighted by atomic mass is 10.1. The number of aromatic amines is 1. The first-order valence-electron chi connectivity index (χ1n) is 7.22. The van der Waals surface area contributed by atoms with Gasteiger partial charge in [-0.1, -0.05) is 12.1 Å². The van der Waals surface area contributed by atoms with Crippen LogP contribution in [0.2, 0.25) is 0 Å². The number of hydrogen-bond donors (Lipinski definition) is 2. The van der Waals surface area contributed by atoms with Crippen LogP contribution >= 0.6 is 0 Å². The quantitative estimate of drug-likeness (QED) is 0.695. The molecule has 0 atom stereocenters. The summed E-state index contributed by atoms with van der Waals surface area (Å²) in [6.07, 6.45) is 0.749. The molecule has 2 aromatic heterocycles. The van der Waals surface area contributed by atoms with E-state index in [1.165, 1.54) is 10.7 Å². The highest BCUT2D eigenvalue weighted by Gasteiger charge is 2.05. The van der Waals surface area contributed by atoms with Crippen molar-refractivity contribution in [3.8, 4) is 11.7 Å². The van der Waals surface area contributed by atoms with E-state index in [0.717, 1.165) is 23.4 Å². The van der Waals surface area contributed by atoms with Crippen molar-refractivity contribution in [3.63, 3.8) is 0 Å². The number of aryl methyl sites for hydroxylation is 1. The van der Waals surface area contributed by atoms with E-state index >= 15 is 0 Å². The molecular weight excluding hydrogens is 294 g/mol. The second-order valence-corrected chi connectivity index (χ2v) is 5.18. The fraction of sp³-hybridized carbons (Fsp3) is 0.188. The van der Waals surface area contributed by atoms with Crippen molar-refractivity contribution in [3.05, 3.63) is 64.1 Å². The van der Waals surface area contributed by atoms with Crippen molar-refractivity contribution in [2.75, 3.05) is 12.3 Å². The molecule has 0 saturated heterocycles. The summed E-state index contributed by atoms with van der Waals surface area (Å²) < 4.78 is 6.90. The standard InChI is InChI=1S/C16H17N5O2/c1-11-10-16(22)21(20-11)14-6-7-15(19-18-14)23-9-8-12-2-4-13(17)5-3-12/h2-7,10,20H,8-9,17H2,1H3. The molecule has 0 unspecified atom stereocenters. The summed E-state index contributed by atoms with van der Waals surface area (Å²) in [4.78, 5) is 11.7. The molecule has 0 fully saturated rings. The van der Waals surface area contributed by atoms with Gasteiger partial charge in [-0.2, -0.15) is 4.68 Å². The maximum absolute atomic E-state index is 11.7. The van der Waals surface area contributed by atoms with Crippen LogP contribution in [0.5, 0.6) is 5.88 Å². The van der Waals surface area contributed by atoms with E-state index in [4.69, 9.17) is 10.5 Å². The van der Waals surface area contributed by atoms with E-state index in [9.17, 15) is 4.79 Å². The Morgan fingerprint density at radius 1 is 1.17 bits per heavy atom. The summed E-state index contributed by atoms with van der Waals surface area (Å²) in [6.45, 7) is 2.29. The lowest BCUT2D eigenvalue weighted by molar-refractivity contribution is 0.305. The Labute approximate surface area is 132 Å². The largest absolute Gasteiger partial charge is 0.476 e. The maximum atomic E-state index is 11.7. The molecule has 0 aliphatic heterocycles. The van der Waals surface area contributed by atoms with Crippen molar-refractivity contribution in [1.29, 1.82) is 0 Å².